The predicted octanol–water partition coefficient (Wildman–Crippen LogP) is 9.98. The molecule has 0 aliphatic rings. The average Bonchev–Trinajstić information content (AvgIpc) is 3.20. The van der Waals surface area contributed by atoms with Crippen LogP contribution in [0.2, 0.25) is 0 Å². The lowest BCUT2D eigenvalue weighted by atomic mass is 10.1. The lowest BCUT2D eigenvalue weighted by molar-refractivity contribution is -0.161. The van der Waals surface area contributed by atoms with Crippen molar-refractivity contribution in [1.29, 1.82) is 0 Å². The summed E-state index contributed by atoms with van der Waals surface area (Å²) in [6.45, 7) is 1.40. The number of carbonyl (C=O) groups is 2. The number of hydrogen-bond donors (Lipinski definition) is 5. The molecule has 4 atom stereocenters. The number of allylic oxidation sites excluding steroid dienone is 11. The number of ether oxygens (including phenoxy) is 2. The fourth-order valence-corrected chi connectivity index (χ4v) is 6.53. The van der Waals surface area contributed by atoms with Crippen molar-refractivity contribution in [2.75, 3.05) is 26.4 Å². The van der Waals surface area contributed by atoms with E-state index in [2.05, 4.69) is 71.5 Å². The van der Waals surface area contributed by atoms with Gasteiger partial charge in [0.05, 0.1) is 25.9 Å². The first-order chi connectivity index (χ1) is 28.8. The molecule has 346 valence electrons. The number of rotatable bonds is 40. The van der Waals surface area contributed by atoms with E-state index in [1.165, 1.54) is 25.7 Å². The Labute approximate surface area is 359 Å². The summed E-state index contributed by atoms with van der Waals surface area (Å²) in [6, 6.07) is 0. The van der Waals surface area contributed by atoms with E-state index < -0.39 is 72.3 Å². The lowest BCUT2D eigenvalue weighted by Crippen LogP contribution is -2.30. The smallest absolute Gasteiger partial charge is 0.462 e. The Kier molecular flexibility index (Phi) is 37.7. The van der Waals surface area contributed by atoms with Crippen molar-refractivity contribution in [3.8, 4) is 0 Å². The summed E-state index contributed by atoms with van der Waals surface area (Å²) in [7, 11) is -9.74. The van der Waals surface area contributed by atoms with Crippen LogP contribution in [0.15, 0.2) is 72.9 Å². The zero-order chi connectivity index (χ0) is 44.6. The summed E-state index contributed by atoms with van der Waals surface area (Å²) in [6.07, 6.45) is 39.2. The molecule has 14 nitrogen and oxygen atoms in total. The van der Waals surface area contributed by atoms with Crippen LogP contribution in [-0.2, 0) is 41.8 Å². The second-order valence-corrected chi connectivity index (χ2v) is 17.1. The third-order valence-corrected chi connectivity index (χ3v) is 10.1. The van der Waals surface area contributed by atoms with Gasteiger partial charge in [-0.25, -0.2) is 9.13 Å². The van der Waals surface area contributed by atoms with Crippen molar-refractivity contribution in [2.45, 2.75) is 167 Å². The van der Waals surface area contributed by atoms with Gasteiger partial charge in [-0.2, -0.15) is 0 Å². The molecule has 0 saturated heterocycles. The molecule has 2 unspecified atom stereocenters. The summed E-state index contributed by atoms with van der Waals surface area (Å²) in [5.41, 5.74) is 0. The van der Waals surface area contributed by atoms with Crippen molar-refractivity contribution >= 4 is 27.6 Å². The van der Waals surface area contributed by atoms with Crippen LogP contribution in [0, 0.1) is 0 Å². The van der Waals surface area contributed by atoms with Gasteiger partial charge in [0.25, 0.3) is 0 Å². The number of phosphoric ester groups is 2. The van der Waals surface area contributed by atoms with Gasteiger partial charge in [0.1, 0.15) is 12.7 Å². The van der Waals surface area contributed by atoms with E-state index in [0.717, 1.165) is 77.0 Å². The molecule has 0 fully saturated rings. The molecule has 0 aromatic rings. The van der Waals surface area contributed by atoms with Crippen LogP contribution >= 0.6 is 15.6 Å². The quantitative estimate of drug-likeness (QED) is 0.0127. The third kappa shape index (κ3) is 42.2. The Hall–Kier alpha value is -2.48. The van der Waals surface area contributed by atoms with Gasteiger partial charge in [-0.15, -0.1) is 0 Å². The number of carbonyl (C=O) groups excluding carboxylic acids is 2. The molecule has 0 spiro atoms. The maximum atomic E-state index is 12.7. The van der Waals surface area contributed by atoms with E-state index in [4.69, 9.17) is 23.8 Å². The zero-order valence-corrected chi connectivity index (χ0v) is 37.9. The van der Waals surface area contributed by atoms with Crippen LogP contribution in [0.3, 0.4) is 0 Å². The molecule has 0 radical (unpaired) electrons. The Morgan fingerprint density at radius 1 is 0.567 bits per heavy atom. The predicted molar refractivity (Wildman–Crippen MR) is 236 cm³/mol. The monoisotopic (exact) mass is 890 g/mol. The second kappa shape index (κ2) is 39.4. The van der Waals surface area contributed by atoms with Crippen molar-refractivity contribution in [3.05, 3.63) is 72.9 Å². The minimum Gasteiger partial charge on any atom is -0.462 e. The van der Waals surface area contributed by atoms with Gasteiger partial charge < -0.3 is 34.4 Å². The molecule has 0 saturated carbocycles. The first-order valence-corrected chi connectivity index (χ1v) is 24.8. The van der Waals surface area contributed by atoms with E-state index in [9.17, 15) is 33.8 Å². The van der Waals surface area contributed by atoms with Gasteiger partial charge in [-0.05, 0) is 70.6 Å². The van der Waals surface area contributed by atoms with Crippen molar-refractivity contribution < 1.29 is 66.7 Å². The van der Waals surface area contributed by atoms with Crippen molar-refractivity contribution in [1.82, 2.24) is 0 Å². The van der Waals surface area contributed by atoms with Gasteiger partial charge in [0.15, 0.2) is 6.10 Å². The standard InChI is InChI=1S/C44H76O14P2/c1-3-5-7-9-11-13-15-17-18-20-22-24-26-28-30-34-44(48)58-42(39-57-60(52,53)56-37-41(46)36-55-59(49,50)51)38-54-43(47)35-31-33-40(45)32-29-27-25-23-21-19-16-14-12-10-8-6-4-2/h6,8,12-15,19,21,25,27,29,32,40-42,45-46H,3-5,7,9-11,16-18,20,22-24,26,28,30-31,33-39H2,1-2H3,(H,52,53)(H2,49,50,51)/b8-6-,14-12-,15-13-,21-19-,27-25-,32-29+/t40?,41-,42+/m0/s1. The van der Waals surface area contributed by atoms with Crippen LogP contribution in [0.1, 0.15) is 149 Å². The van der Waals surface area contributed by atoms with Crippen molar-refractivity contribution in [2.24, 2.45) is 0 Å². The highest BCUT2D eigenvalue weighted by molar-refractivity contribution is 7.47. The largest absolute Gasteiger partial charge is 0.472 e. The molecule has 0 aromatic heterocycles. The van der Waals surface area contributed by atoms with Crippen molar-refractivity contribution in [3.63, 3.8) is 0 Å². The number of hydrogen-bond acceptors (Lipinski definition) is 11. The fourth-order valence-electron chi connectivity index (χ4n) is 5.37. The highest BCUT2D eigenvalue weighted by Gasteiger charge is 2.28. The summed E-state index contributed by atoms with van der Waals surface area (Å²) in [5.74, 6) is -1.25. The number of aliphatic hydroxyl groups excluding tert-OH is 2. The maximum Gasteiger partial charge on any atom is 0.472 e. The summed E-state index contributed by atoms with van der Waals surface area (Å²) in [4.78, 5) is 52.7. The average molecular weight is 891 g/mol. The molecule has 5 N–H and O–H groups in total. The molecule has 0 aliphatic heterocycles. The highest BCUT2D eigenvalue weighted by Crippen LogP contribution is 2.43. The Morgan fingerprint density at radius 3 is 1.72 bits per heavy atom. The highest BCUT2D eigenvalue weighted by atomic mass is 31.2. The van der Waals surface area contributed by atoms with Gasteiger partial charge in [0, 0.05) is 12.8 Å². The number of aliphatic hydroxyl groups is 2. The summed E-state index contributed by atoms with van der Waals surface area (Å²) in [5, 5.41) is 20.0. The Morgan fingerprint density at radius 2 is 1.10 bits per heavy atom. The van der Waals surface area contributed by atoms with E-state index in [0.29, 0.717) is 19.3 Å². The summed E-state index contributed by atoms with van der Waals surface area (Å²) < 4.78 is 47.6. The van der Waals surface area contributed by atoms with Crippen LogP contribution in [-0.4, -0.2) is 81.6 Å². The molecule has 0 bridgehead atoms. The Bertz CT molecular complexity index is 1350. The van der Waals surface area contributed by atoms with Gasteiger partial charge >= 0.3 is 27.6 Å². The van der Waals surface area contributed by atoms with Gasteiger partial charge in [0.2, 0.25) is 0 Å². The minimum atomic E-state index is -4.88. The number of esters is 2. The summed E-state index contributed by atoms with van der Waals surface area (Å²) >= 11 is 0. The van der Waals surface area contributed by atoms with E-state index in [1.807, 2.05) is 12.2 Å². The molecule has 0 amide bonds. The molecule has 60 heavy (non-hydrogen) atoms. The van der Waals surface area contributed by atoms with Crippen LogP contribution in [0.4, 0.5) is 0 Å². The Balaban J connectivity index is 4.72. The minimum absolute atomic E-state index is 0.0393. The topological polar surface area (TPSA) is 216 Å². The molecule has 16 heteroatoms. The first-order valence-electron chi connectivity index (χ1n) is 21.7. The molecule has 0 aliphatic carbocycles. The van der Waals surface area contributed by atoms with Crippen LogP contribution < -0.4 is 0 Å². The molecular formula is C44H76O14P2. The molecule has 0 heterocycles. The molecule has 0 rings (SSSR count). The van der Waals surface area contributed by atoms with Crippen LogP contribution in [0.5, 0.6) is 0 Å². The number of unbranched alkanes of at least 4 members (excludes halogenated alkanes) is 11. The fraction of sp³-hybridized carbons (Fsp3) is 0.682. The normalized spacial score (nSPS) is 15.2. The van der Waals surface area contributed by atoms with Gasteiger partial charge in [-0.1, -0.05) is 138 Å². The number of phosphoric acid groups is 2. The maximum absolute atomic E-state index is 12.7. The van der Waals surface area contributed by atoms with Gasteiger partial charge in [-0.3, -0.25) is 23.2 Å². The zero-order valence-electron chi connectivity index (χ0n) is 36.1. The molecular weight excluding hydrogens is 814 g/mol. The van der Waals surface area contributed by atoms with E-state index in [1.54, 1.807) is 12.2 Å². The van der Waals surface area contributed by atoms with E-state index >= 15 is 0 Å². The SMILES string of the molecule is CC/C=C\C/C=C\C/C=C\C/C=C\C=C\C(O)CCCC(=O)OC[C@H](COP(=O)(O)OC[C@@H](O)COP(=O)(O)O)OC(=O)CCCCCCCCC/C=C\CCCCCC. The second-order valence-electron chi connectivity index (χ2n) is 14.4. The van der Waals surface area contributed by atoms with Crippen LogP contribution in [0.25, 0.3) is 0 Å². The lowest BCUT2D eigenvalue weighted by Gasteiger charge is -2.20. The first kappa shape index (κ1) is 57.5. The van der Waals surface area contributed by atoms with E-state index in [-0.39, 0.29) is 12.8 Å². The third-order valence-electron chi connectivity index (χ3n) is 8.67. The molecule has 0 aromatic carbocycles.